The molecule has 0 aliphatic carbocycles. The Morgan fingerprint density at radius 1 is 1.15 bits per heavy atom. The second-order valence-electron chi connectivity index (χ2n) is 4.19. The maximum Gasteiger partial charge on any atom is 0.224 e. The molecule has 1 heterocycles. The number of nitrogens with one attached hydrogen (secondary N) is 1. The van der Waals surface area contributed by atoms with E-state index in [4.69, 9.17) is 11.6 Å². The molecular weight excluding hydrogens is 292 g/mol. The zero-order valence-corrected chi connectivity index (χ0v) is 12.5. The smallest absolute Gasteiger partial charge is 0.224 e. The van der Waals surface area contributed by atoms with E-state index < -0.39 is 0 Å². The van der Waals surface area contributed by atoms with Gasteiger partial charge in [0.2, 0.25) is 5.91 Å². The zero-order valence-electron chi connectivity index (χ0n) is 10.9. The molecule has 0 bridgehead atoms. The van der Waals surface area contributed by atoms with Gasteiger partial charge < -0.3 is 5.32 Å². The number of rotatable bonds is 6. The number of pyridine rings is 1. The van der Waals surface area contributed by atoms with Crippen molar-refractivity contribution in [3.05, 3.63) is 53.8 Å². The van der Waals surface area contributed by atoms with Crippen LogP contribution in [-0.4, -0.2) is 16.6 Å². The monoisotopic (exact) mass is 306 g/mol. The summed E-state index contributed by atoms with van der Waals surface area (Å²) in [5.41, 5.74) is 0.787. The average molecular weight is 307 g/mol. The number of benzene rings is 1. The van der Waals surface area contributed by atoms with Gasteiger partial charge >= 0.3 is 0 Å². The van der Waals surface area contributed by atoms with E-state index in [9.17, 15) is 4.79 Å². The van der Waals surface area contributed by atoms with Gasteiger partial charge in [-0.05, 0) is 48.6 Å². The van der Waals surface area contributed by atoms with Gasteiger partial charge in [0.05, 0.1) is 0 Å². The Balaban J connectivity index is 1.66. The number of amides is 1. The molecule has 0 fully saturated rings. The number of carbonyl (C=O) groups excluding carboxylic acids is 1. The fourth-order valence-electron chi connectivity index (χ4n) is 1.61. The van der Waals surface area contributed by atoms with Crippen molar-refractivity contribution in [2.45, 2.75) is 17.7 Å². The summed E-state index contributed by atoms with van der Waals surface area (Å²) in [5, 5.41) is 3.58. The van der Waals surface area contributed by atoms with Gasteiger partial charge in [0.25, 0.3) is 0 Å². The number of hydrogen-bond donors (Lipinski definition) is 1. The van der Waals surface area contributed by atoms with E-state index >= 15 is 0 Å². The summed E-state index contributed by atoms with van der Waals surface area (Å²) in [6.45, 7) is 0. The van der Waals surface area contributed by atoms with Crippen LogP contribution in [0.5, 0.6) is 0 Å². The van der Waals surface area contributed by atoms with Crippen molar-refractivity contribution >= 4 is 35.0 Å². The first-order chi connectivity index (χ1) is 9.74. The molecule has 0 unspecified atom stereocenters. The van der Waals surface area contributed by atoms with Crippen molar-refractivity contribution in [1.82, 2.24) is 4.98 Å². The summed E-state index contributed by atoms with van der Waals surface area (Å²) >= 11 is 7.55. The first kappa shape index (κ1) is 14.9. The van der Waals surface area contributed by atoms with Crippen LogP contribution < -0.4 is 5.32 Å². The molecule has 2 aromatic rings. The van der Waals surface area contributed by atoms with Gasteiger partial charge in [-0.2, -0.15) is 0 Å². The fourth-order valence-corrected chi connectivity index (χ4v) is 2.59. The average Bonchev–Trinajstić information content (AvgIpc) is 2.46. The summed E-state index contributed by atoms with van der Waals surface area (Å²) in [5.74, 6) is 0.943. The Morgan fingerprint density at radius 3 is 2.55 bits per heavy atom. The standard InChI is InChI=1S/C15H15ClN2OS/c16-12-3-5-14(6-4-12)20-11-1-2-15(19)18-13-7-9-17-10-8-13/h3-10H,1-2,11H2,(H,17,18,19). The Hall–Kier alpha value is -1.52. The lowest BCUT2D eigenvalue weighted by Crippen LogP contribution is -2.11. The Morgan fingerprint density at radius 2 is 1.85 bits per heavy atom. The van der Waals surface area contributed by atoms with E-state index in [2.05, 4.69) is 10.3 Å². The van der Waals surface area contributed by atoms with Crippen molar-refractivity contribution in [3.8, 4) is 0 Å². The van der Waals surface area contributed by atoms with Crippen molar-refractivity contribution in [1.29, 1.82) is 0 Å². The summed E-state index contributed by atoms with van der Waals surface area (Å²) in [6.07, 6.45) is 4.67. The lowest BCUT2D eigenvalue weighted by molar-refractivity contribution is -0.116. The van der Waals surface area contributed by atoms with Gasteiger partial charge in [0.15, 0.2) is 0 Å². The second kappa shape index (κ2) is 7.92. The van der Waals surface area contributed by atoms with Crippen molar-refractivity contribution in [2.24, 2.45) is 0 Å². The molecule has 0 aliphatic heterocycles. The van der Waals surface area contributed by atoms with Crippen molar-refractivity contribution in [3.63, 3.8) is 0 Å². The molecule has 1 aromatic carbocycles. The molecule has 2 rings (SSSR count). The third-order valence-corrected chi connectivity index (χ3v) is 3.94. The first-order valence-electron chi connectivity index (χ1n) is 6.32. The molecule has 1 amide bonds. The summed E-state index contributed by atoms with van der Waals surface area (Å²) in [4.78, 5) is 16.8. The SMILES string of the molecule is O=C(CCCSc1ccc(Cl)cc1)Nc1ccncc1. The maximum atomic E-state index is 11.7. The topological polar surface area (TPSA) is 42.0 Å². The summed E-state index contributed by atoms with van der Waals surface area (Å²) in [6, 6.07) is 11.3. The molecule has 3 nitrogen and oxygen atoms in total. The highest BCUT2D eigenvalue weighted by molar-refractivity contribution is 7.99. The van der Waals surface area contributed by atoms with E-state index in [1.54, 1.807) is 36.3 Å². The Bertz CT molecular complexity index is 546. The minimum Gasteiger partial charge on any atom is -0.326 e. The fraction of sp³-hybridized carbons (Fsp3) is 0.200. The van der Waals surface area contributed by atoms with Crippen LogP contribution in [0.1, 0.15) is 12.8 Å². The van der Waals surface area contributed by atoms with Gasteiger partial charge in [-0.15, -0.1) is 11.8 Å². The van der Waals surface area contributed by atoms with E-state index in [0.717, 1.165) is 22.9 Å². The molecule has 0 aliphatic rings. The van der Waals surface area contributed by atoms with Crippen LogP contribution in [0, 0.1) is 0 Å². The molecule has 1 aromatic heterocycles. The van der Waals surface area contributed by atoms with Crippen LogP contribution in [0.4, 0.5) is 5.69 Å². The predicted octanol–water partition coefficient (Wildman–Crippen LogP) is 4.25. The quantitative estimate of drug-likeness (QED) is 0.641. The number of hydrogen-bond acceptors (Lipinski definition) is 3. The van der Waals surface area contributed by atoms with E-state index in [1.165, 1.54) is 4.90 Å². The third-order valence-electron chi connectivity index (χ3n) is 2.59. The highest BCUT2D eigenvalue weighted by Gasteiger charge is 2.02. The van der Waals surface area contributed by atoms with Crippen LogP contribution in [0.3, 0.4) is 0 Å². The van der Waals surface area contributed by atoms with E-state index in [0.29, 0.717) is 6.42 Å². The lowest BCUT2D eigenvalue weighted by atomic mass is 10.3. The first-order valence-corrected chi connectivity index (χ1v) is 7.68. The number of aromatic nitrogens is 1. The number of nitrogens with zero attached hydrogens (tertiary/aromatic N) is 1. The van der Waals surface area contributed by atoms with Gasteiger partial charge in [0, 0.05) is 34.4 Å². The van der Waals surface area contributed by atoms with E-state index in [1.807, 2.05) is 24.3 Å². The van der Waals surface area contributed by atoms with Crippen LogP contribution >= 0.6 is 23.4 Å². The van der Waals surface area contributed by atoms with Gasteiger partial charge in [-0.25, -0.2) is 0 Å². The molecule has 0 atom stereocenters. The number of thioether (sulfide) groups is 1. The molecule has 0 radical (unpaired) electrons. The summed E-state index contributed by atoms with van der Waals surface area (Å²) in [7, 11) is 0. The molecular formula is C15H15ClN2OS. The van der Waals surface area contributed by atoms with Gasteiger partial charge in [0.1, 0.15) is 0 Å². The van der Waals surface area contributed by atoms with E-state index in [-0.39, 0.29) is 5.91 Å². The molecule has 0 saturated heterocycles. The lowest BCUT2D eigenvalue weighted by Gasteiger charge is -2.05. The molecule has 20 heavy (non-hydrogen) atoms. The number of carbonyl (C=O) groups is 1. The van der Waals surface area contributed by atoms with Gasteiger partial charge in [-0.3, -0.25) is 9.78 Å². The number of halogens is 1. The minimum absolute atomic E-state index is 0.0351. The highest BCUT2D eigenvalue weighted by Crippen LogP contribution is 2.21. The molecule has 5 heteroatoms. The van der Waals surface area contributed by atoms with Crippen molar-refractivity contribution < 1.29 is 4.79 Å². The highest BCUT2D eigenvalue weighted by atomic mass is 35.5. The Kier molecular flexibility index (Phi) is 5.89. The maximum absolute atomic E-state index is 11.7. The molecule has 1 N–H and O–H groups in total. The predicted molar refractivity (Wildman–Crippen MR) is 84.3 cm³/mol. The molecule has 104 valence electrons. The van der Waals surface area contributed by atoms with Gasteiger partial charge in [-0.1, -0.05) is 11.6 Å². The summed E-state index contributed by atoms with van der Waals surface area (Å²) < 4.78 is 0. The zero-order chi connectivity index (χ0) is 14.2. The third kappa shape index (κ3) is 5.23. The van der Waals surface area contributed by atoms with Crippen molar-refractivity contribution in [2.75, 3.05) is 11.1 Å². The largest absolute Gasteiger partial charge is 0.326 e. The second-order valence-corrected chi connectivity index (χ2v) is 5.79. The molecule has 0 saturated carbocycles. The van der Waals surface area contributed by atoms with Crippen LogP contribution in [-0.2, 0) is 4.79 Å². The minimum atomic E-state index is 0.0351. The Labute approximate surface area is 127 Å². The normalized spacial score (nSPS) is 10.2. The van der Waals surface area contributed by atoms with Crippen LogP contribution in [0.25, 0.3) is 0 Å². The number of anilines is 1. The van der Waals surface area contributed by atoms with Crippen LogP contribution in [0.2, 0.25) is 5.02 Å². The van der Waals surface area contributed by atoms with Crippen LogP contribution in [0.15, 0.2) is 53.7 Å². The molecule has 0 spiro atoms.